The molecule has 3 rings (SSSR count). The van der Waals surface area contributed by atoms with E-state index in [9.17, 15) is 4.79 Å². The van der Waals surface area contributed by atoms with Crippen molar-refractivity contribution < 1.29 is 9.53 Å². The molecule has 2 aromatic heterocycles. The fourth-order valence-corrected chi connectivity index (χ4v) is 3.21. The summed E-state index contributed by atoms with van der Waals surface area (Å²) in [6, 6.07) is 7.85. The minimum absolute atomic E-state index is 0.0858. The third-order valence-electron chi connectivity index (χ3n) is 5.14. The second kappa shape index (κ2) is 10.1. The standard InChI is InChI=1S/C23H30N6O2/c1-6-14(2)21(30)28-22(29-23-26-15(3)11-16(4)27-23)24-10-9-17-13-25-20-12-18(31-5)7-8-19(17)20/h7-8,11-14,25H,6,9-10H2,1-5H3,(H2,24,26,27,28,29,30). The maximum Gasteiger partial charge on any atom is 0.229 e. The first-order valence-electron chi connectivity index (χ1n) is 10.5. The molecule has 8 nitrogen and oxygen atoms in total. The number of nitrogens with zero attached hydrogens (tertiary/aromatic N) is 3. The number of aromatic nitrogens is 3. The number of amides is 1. The predicted molar refractivity (Wildman–Crippen MR) is 124 cm³/mol. The van der Waals surface area contributed by atoms with Crippen LogP contribution in [0.15, 0.2) is 35.5 Å². The highest BCUT2D eigenvalue weighted by Gasteiger charge is 2.14. The second-order valence-electron chi connectivity index (χ2n) is 7.60. The third-order valence-corrected chi connectivity index (χ3v) is 5.14. The van der Waals surface area contributed by atoms with Gasteiger partial charge in [0.25, 0.3) is 0 Å². The number of methoxy groups -OCH3 is 1. The number of aliphatic imine (C=N–C) groups is 1. The van der Waals surface area contributed by atoms with Crippen molar-refractivity contribution in [1.82, 2.24) is 20.3 Å². The van der Waals surface area contributed by atoms with E-state index in [0.29, 0.717) is 24.9 Å². The predicted octanol–water partition coefficient (Wildman–Crippen LogP) is 3.76. The summed E-state index contributed by atoms with van der Waals surface area (Å²) in [4.78, 5) is 29.1. The van der Waals surface area contributed by atoms with Crippen molar-refractivity contribution in [3.05, 3.63) is 47.4 Å². The molecule has 2 heterocycles. The Kier molecular flexibility index (Phi) is 7.23. The number of rotatable bonds is 7. The van der Waals surface area contributed by atoms with Crippen LogP contribution in [-0.4, -0.2) is 40.5 Å². The minimum Gasteiger partial charge on any atom is -0.497 e. The van der Waals surface area contributed by atoms with Crippen molar-refractivity contribution in [2.45, 2.75) is 40.5 Å². The Morgan fingerprint density at radius 3 is 2.65 bits per heavy atom. The maximum atomic E-state index is 12.4. The van der Waals surface area contributed by atoms with E-state index in [1.165, 1.54) is 0 Å². The van der Waals surface area contributed by atoms with Crippen LogP contribution < -0.4 is 15.4 Å². The van der Waals surface area contributed by atoms with E-state index < -0.39 is 0 Å². The highest BCUT2D eigenvalue weighted by atomic mass is 16.5. The summed E-state index contributed by atoms with van der Waals surface area (Å²) in [6.07, 6.45) is 3.44. The number of nitrogens with one attached hydrogen (secondary N) is 3. The van der Waals surface area contributed by atoms with Crippen LogP contribution in [-0.2, 0) is 11.2 Å². The number of anilines is 1. The molecule has 0 saturated carbocycles. The number of carbonyl (C=O) groups excluding carboxylic acids is 1. The van der Waals surface area contributed by atoms with Crippen LogP contribution in [0.25, 0.3) is 10.9 Å². The molecule has 0 fully saturated rings. The Labute approximate surface area is 182 Å². The number of aromatic amines is 1. The fraction of sp³-hybridized carbons (Fsp3) is 0.391. The van der Waals surface area contributed by atoms with Crippen LogP contribution in [0.2, 0.25) is 0 Å². The van der Waals surface area contributed by atoms with E-state index in [0.717, 1.165) is 40.0 Å². The first-order valence-corrected chi connectivity index (χ1v) is 10.5. The largest absolute Gasteiger partial charge is 0.497 e. The van der Waals surface area contributed by atoms with Crippen molar-refractivity contribution >= 4 is 28.7 Å². The molecule has 1 amide bonds. The molecule has 0 aliphatic rings. The van der Waals surface area contributed by atoms with E-state index in [-0.39, 0.29) is 11.8 Å². The van der Waals surface area contributed by atoms with Crippen LogP contribution >= 0.6 is 0 Å². The molecule has 0 spiro atoms. The van der Waals surface area contributed by atoms with Crippen molar-refractivity contribution in [1.29, 1.82) is 0 Å². The smallest absolute Gasteiger partial charge is 0.229 e. The fourth-order valence-electron chi connectivity index (χ4n) is 3.21. The summed E-state index contributed by atoms with van der Waals surface area (Å²) in [5.74, 6) is 1.39. The van der Waals surface area contributed by atoms with E-state index in [2.05, 4.69) is 30.6 Å². The summed E-state index contributed by atoms with van der Waals surface area (Å²) in [6.45, 7) is 8.17. The van der Waals surface area contributed by atoms with E-state index in [1.807, 2.05) is 58.2 Å². The monoisotopic (exact) mass is 422 g/mol. The van der Waals surface area contributed by atoms with E-state index >= 15 is 0 Å². The van der Waals surface area contributed by atoms with E-state index in [4.69, 9.17) is 4.74 Å². The SMILES string of the molecule is CCC(C)C(=O)NC(=NCCc1c[nH]c2cc(OC)ccc12)Nc1nc(C)cc(C)n1. The van der Waals surface area contributed by atoms with Gasteiger partial charge in [0.1, 0.15) is 5.75 Å². The number of hydrogen-bond acceptors (Lipinski definition) is 5. The summed E-state index contributed by atoms with van der Waals surface area (Å²) >= 11 is 0. The van der Waals surface area contributed by atoms with Gasteiger partial charge in [0.05, 0.1) is 7.11 Å². The molecule has 1 atom stereocenters. The van der Waals surface area contributed by atoms with Crippen LogP contribution in [0, 0.1) is 19.8 Å². The van der Waals surface area contributed by atoms with Crippen molar-refractivity contribution in [2.24, 2.45) is 10.9 Å². The minimum atomic E-state index is -0.115. The first-order chi connectivity index (χ1) is 14.9. The molecule has 3 N–H and O–H groups in total. The number of guanidine groups is 1. The molecule has 0 bridgehead atoms. The van der Waals surface area contributed by atoms with Gasteiger partial charge in [-0.2, -0.15) is 0 Å². The highest BCUT2D eigenvalue weighted by Crippen LogP contribution is 2.23. The normalized spacial score (nSPS) is 12.6. The molecule has 164 valence electrons. The van der Waals surface area contributed by atoms with Crippen molar-refractivity contribution in [3.63, 3.8) is 0 Å². The topological polar surface area (TPSA) is 104 Å². The summed E-state index contributed by atoms with van der Waals surface area (Å²) in [7, 11) is 1.65. The first kappa shape index (κ1) is 22.3. The Bertz CT molecular complexity index is 1070. The lowest BCUT2D eigenvalue weighted by molar-refractivity contribution is -0.123. The Morgan fingerprint density at radius 1 is 1.23 bits per heavy atom. The molecule has 0 radical (unpaired) electrons. The molecule has 31 heavy (non-hydrogen) atoms. The zero-order chi connectivity index (χ0) is 22.4. The lowest BCUT2D eigenvalue weighted by atomic mass is 10.1. The number of benzene rings is 1. The van der Waals surface area contributed by atoms with Gasteiger partial charge in [0.2, 0.25) is 17.8 Å². The Morgan fingerprint density at radius 2 is 1.97 bits per heavy atom. The summed E-state index contributed by atoms with van der Waals surface area (Å²) < 4.78 is 5.28. The van der Waals surface area contributed by atoms with Gasteiger partial charge in [0, 0.05) is 47.0 Å². The molecule has 1 unspecified atom stereocenters. The van der Waals surface area contributed by atoms with Gasteiger partial charge in [0.15, 0.2) is 0 Å². The second-order valence-corrected chi connectivity index (χ2v) is 7.60. The molecule has 3 aromatic rings. The highest BCUT2D eigenvalue weighted by molar-refractivity contribution is 6.04. The number of aryl methyl sites for hydroxylation is 2. The molecular weight excluding hydrogens is 392 g/mol. The van der Waals surface area contributed by atoms with Crippen molar-refractivity contribution in [2.75, 3.05) is 19.0 Å². The number of ether oxygens (including phenoxy) is 1. The zero-order valence-electron chi connectivity index (χ0n) is 18.7. The van der Waals surface area contributed by atoms with Crippen LogP contribution in [0.3, 0.4) is 0 Å². The van der Waals surface area contributed by atoms with Crippen molar-refractivity contribution in [3.8, 4) is 5.75 Å². The molecule has 1 aromatic carbocycles. The number of H-pyrrole nitrogens is 1. The van der Waals surface area contributed by atoms with Gasteiger partial charge in [-0.05, 0) is 50.5 Å². The van der Waals surface area contributed by atoms with Gasteiger partial charge in [-0.1, -0.05) is 13.8 Å². The Balaban J connectivity index is 1.77. The van der Waals surface area contributed by atoms with Crippen LogP contribution in [0.1, 0.15) is 37.2 Å². The zero-order valence-corrected chi connectivity index (χ0v) is 18.7. The Hall–Kier alpha value is -3.42. The molecule has 0 saturated heterocycles. The van der Waals surface area contributed by atoms with Crippen LogP contribution in [0.4, 0.5) is 5.95 Å². The van der Waals surface area contributed by atoms with Gasteiger partial charge in [-0.3, -0.25) is 20.4 Å². The molecule has 8 heteroatoms. The number of hydrogen-bond donors (Lipinski definition) is 3. The number of fused-ring (bicyclic) bond motifs is 1. The third kappa shape index (κ3) is 5.81. The summed E-state index contributed by atoms with van der Waals surface area (Å²) in [5.41, 5.74) is 3.86. The van der Waals surface area contributed by atoms with Gasteiger partial charge in [-0.15, -0.1) is 0 Å². The summed E-state index contributed by atoms with van der Waals surface area (Å²) in [5, 5.41) is 7.09. The average molecular weight is 423 g/mol. The molecular formula is C23H30N6O2. The molecule has 0 aliphatic carbocycles. The van der Waals surface area contributed by atoms with Crippen LogP contribution in [0.5, 0.6) is 5.75 Å². The van der Waals surface area contributed by atoms with Gasteiger partial charge >= 0.3 is 0 Å². The average Bonchev–Trinajstić information content (AvgIpc) is 3.14. The molecule has 0 aliphatic heterocycles. The number of carbonyl (C=O) groups is 1. The maximum absolute atomic E-state index is 12.4. The van der Waals surface area contributed by atoms with Gasteiger partial charge in [-0.25, -0.2) is 9.97 Å². The van der Waals surface area contributed by atoms with Gasteiger partial charge < -0.3 is 9.72 Å². The lowest BCUT2D eigenvalue weighted by Gasteiger charge is -2.14. The van der Waals surface area contributed by atoms with E-state index in [1.54, 1.807) is 7.11 Å². The quantitative estimate of drug-likeness (QED) is 0.397. The lowest BCUT2D eigenvalue weighted by Crippen LogP contribution is -2.39.